The van der Waals surface area contributed by atoms with Gasteiger partial charge >= 0.3 is 5.88 Å². The third kappa shape index (κ3) is 6.21. The first-order valence-corrected chi connectivity index (χ1v) is 13.8. The van der Waals surface area contributed by atoms with Gasteiger partial charge in [-0.1, -0.05) is 41.6 Å². The summed E-state index contributed by atoms with van der Waals surface area (Å²) >= 11 is 1.21. The molecule has 0 saturated carbocycles. The first kappa shape index (κ1) is 26.3. The van der Waals surface area contributed by atoms with Crippen molar-refractivity contribution in [1.82, 2.24) is 10.3 Å². The predicted molar refractivity (Wildman–Crippen MR) is 149 cm³/mol. The van der Waals surface area contributed by atoms with Gasteiger partial charge in [0.1, 0.15) is 16.8 Å². The fourth-order valence-corrected chi connectivity index (χ4v) is 5.22. The highest BCUT2D eigenvalue weighted by molar-refractivity contribution is 8.00. The molecule has 1 amide bonds. The van der Waals surface area contributed by atoms with Crippen LogP contribution in [0.4, 0.5) is 5.88 Å². The van der Waals surface area contributed by atoms with Crippen LogP contribution in [0.15, 0.2) is 70.3 Å². The Morgan fingerprint density at radius 1 is 1.13 bits per heavy atom. The summed E-state index contributed by atoms with van der Waals surface area (Å²) in [5, 5.41) is 19.5. The van der Waals surface area contributed by atoms with Gasteiger partial charge in [-0.3, -0.25) is 14.6 Å². The highest BCUT2D eigenvalue weighted by Crippen LogP contribution is 2.34. The van der Waals surface area contributed by atoms with Crippen LogP contribution in [-0.2, 0) is 4.79 Å². The Morgan fingerprint density at radius 2 is 1.85 bits per heavy atom. The first-order valence-electron chi connectivity index (χ1n) is 12.8. The van der Waals surface area contributed by atoms with Crippen molar-refractivity contribution in [3.63, 3.8) is 0 Å². The number of piperidine rings is 1. The van der Waals surface area contributed by atoms with Crippen LogP contribution in [0, 0.1) is 18.3 Å². The zero-order valence-corrected chi connectivity index (χ0v) is 22.7. The SMILES string of the molecule is COc1ccc(-c2cc(-c3ccc(C)cc3)c(C#N)c(SCC(=O)Nc3c[n+](N4CCCCC4)no3)n2)cc1. The fraction of sp³-hybridized carbons (Fsp3) is 0.276. The molecule has 5 rings (SSSR count). The third-order valence-electron chi connectivity index (χ3n) is 6.53. The molecule has 9 nitrogen and oxygen atoms in total. The number of amides is 1. The molecule has 1 N–H and O–H groups in total. The van der Waals surface area contributed by atoms with E-state index < -0.39 is 0 Å². The molecule has 1 aliphatic rings. The second kappa shape index (κ2) is 12.0. The smallest absolute Gasteiger partial charge is 0.305 e. The molecule has 198 valence electrons. The van der Waals surface area contributed by atoms with Gasteiger partial charge in [-0.25, -0.2) is 4.98 Å². The van der Waals surface area contributed by atoms with Crippen LogP contribution in [0.5, 0.6) is 5.75 Å². The Bertz CT molecular complexity index is 1490. The van der Waals surface area contributed by atoms with Crippen LogP contribution in [0.1, 0.15) is 30.4 Å². The van der Waals surface area contributed by atoms with Crippen LogP contribution in [0.3, 0.4) is 0 Å². The lowest BCUT2D eigenvalue weighted by molar-refractivity contribution is -0.759. The first-order chi connectivity index (χ1) is 19.0. The van der Waals surface area contributed by atoms with Crippen LogP contribution >= 0.6 is 11.8 Å². The summed E-state index contributed by atoms with van der Waals surface area (Å²) in [4.78, 5) is 19.3. The molecule has 39 heavy (non-hydrogen) atoms. The largest absolute Gasteiger partial charge is 0.497 e. The van der Waals surface area contributed by atoms with E-state index in [1.807, 2.05) is 61.5 Å². The highest BCUT2D eigenvalue weighted by atomic mass is 32.2. The van der Waals surface area contributed by atoms with Crippen molar-refractivity contribution in [2.24, 2.45) is 0 Å². The predicted octanol–water partition coefficient (Wildman–Crippen LogP) is 4.73. The van der Waals surface area contributed by atoms with Gasteiger partial charge in [0, 0.05) is 11.1 Å². The maximum absolute atomic E-state index is 12.8. The fourth-order valence-electron chi connectivity index (χ4n) is 4.42. The van der Waals surface area contributed by atoms with Crippen LogP contribution in [-0.4, -0.2) is 42.1 Å². The molecule has 0 bridgehead atoms. The quantitative estimate of drug-likeness (QED) is 0.252. The van der Waals surface area contributed by atoms with Crippen molar-refractivity contribution < 1.29 is 18.8 Å². The number of carbonyl (C=O) groups excluding carboxylic acids is 1. The van der Waals surface area contributed by atoms with E-state index in [2.05, 4.69) is 21.7 Å². The van der Waals surface area contributed by atoms with Crippen molar-refractivity contribution in [2.45, 2.75) is 31.2 Å². The number of hydrogen-bond donors (Lipinski definition) is 1. The molecule has 0 spiro atoms. The Hall–Kier alpha value is -4.36. The zero-order chi connectivity index (χ0) is 27.2. The highest BCUT2D eigenvalue weighted by Gasteiger charge is 2.24. The Balaban J connectivity index is 1.39. The van der Waals surface area contributed by atoms with Crippen LogP contribution in [0.25, 0.3) is 22.4 Å². The molecular weight excluding hydrogens is 512 g/mol. The maximum atomic E-state index is 12.8. The van der Waals surface area contributed by atoms with Crippen molar-refractivity contribution in [1.29, 1.82) is 5.26 Å². The molecule has 0 atom stereocenters. The van der Waals surface area contributed by atoms with E-state index in [4.69, 9.17) is 14.2 Å². The van der Waals surface area contributed by atoms with Crippen molar-refractivity contribution in [2.75, 3.05) is 36.3 Å². The maximum Gasteiger partial charge on any atom is 0.305 e. The number of aromatic nitrogens is 3. The molecule has 2 aromatic heterocycles. The van der Waals surface area contributed by atoms with E-state index >= 15 is 0 Å². The molecule has 2 aromatic carbocycles. The second-order valence-electron chi connectivity index (χ2n) is 9.28. The van der Waals surface area contributed by atoms with Gasteiger partial charge in [-0.2, -0.15) is 10.3 Å². The van der Waals surface area contributed by atoms with E-state index in [0.717, 1.165) is 53.9 Å². The van der Waals surface area contributed by atoms with E-state index in [1.165, 1.54) is 18.2 Å². The molecule has 0 aliphatic carbocycles. The monoisotopic (exact) mass is 541 g/mol. The number of hydrogen-bond acceptors (Lipinski definition) is 8. The van der Waals surface area contributed by atoms with E-state index in [9.17, 15) is 10.1 Å². The van der Waals surface area contributed by atoms with E-state index in [-0.39, 0.29) is 17.5 Å². The van der Waals surface area contributed by atoms with E-state index in [0.29, 0.717) is 16.3 Å². The van der Waals surface area contributed by atoms with Crippen LogP contribution in [0.2, 0.25) is 0 Å². The number of thioether (sulfide) groups is 1. The molecule has 10 heteroatoms. The number of pyridine rings is 1. The topological polar surface area (TPSA) is 108 Å². The van der Waals surface area contributed by atoms with Crippen molar-refractivity contribution in [3.05, 3.63) is 71.9 Å². The van der Waals surface area contributed by atoms with E-state index in [1.54, 1.807) is 18.1 Å². The normalized spacial score (nSPS) is 13.1. The standard InChI is InChI=1S/C29H28N6O3S/c1-20-6-8-21(9-7-20)24-16-26(22-10-12-23(37-2)13-11-22)31-29(25(24)17-30)39-19-27(36)32-28-18-35(33-38-28)34-14-4-3-5-15-34/h6-13,16,18H,3-5,14-15,19H2,1-2H3/p+1. The number of benzene rings is 2. The second-order valence-corrected chi connectivity index (χ2v) is 10.2. The average molecular weight is 542 g/mol. The number of methoxy groups -OCH3 is 1. The summed E-state index contributed by atoms with van der Waals surface area (Å²) in [6.07, 6.45) is 5.09. The van der Waals surface area contributed by atoms with Gasteiger partial charge in [0.2, 0.25) is 11.2 Å². The molecular formula is C29H29N6O3S+. The molecule has 0 unspecified atom stereocenters. The molecule has 1 aliphatic heterocycles. The molecule has 1 saturated heterocycles. The van der Waals surface area contributed by atoms with Gasteiger partial charge in [0.05, 0.1) is 42.0 Å². The summed E-state index contributed by atoms with van der Waals surface area (Å²) in [6.45, 7) is 3.82. The minimum atomic E-state index is -0.278. The Labute approximate surface area is 231 Å². The summed E-state index contributed by atoms with van der Waals surface area (Å²) < 4.78 is 10.6. The van der Waals surface area contributed by atoms with Crippen molar-refractivity contribution >= 4 is 23.6 Å². The average Bonchev–Trinajstić information content (AvgIpc) is 3.45. The number of rotatable bonds is 8. The number of nitrogens with one attached hydrogen (secondary N) is 1. The summed E-state index contributed by atoms with van der Waals surface area (Å²) in [5.41, 5.74) is 4.80. The molecule has 3 heterocycles. The lowest BCUT2D eigenvalue weighted by atomic mass is 9.98. The molecule has 0 radical (unpaired) electrons. The number of carbonyl (C=O) groups is 1. The van der Waals surface area contributed by atoms with Gasteiger partial charge in [0.15, 0.2) is 0 Å². The summed E-state index contributed by atoms with van der Waals surface area (Å²) in [7, 11) is 1.62. The molecule has 4 aromatic rings. The van der Waals surface area contributed by atoms with Gasteiger partial charge < -0.3 is 4.74 Å². The van der Waals surface area contributed by atoms with Gasteiger partial charge in [-0.05, 0) is 62.1 Å². The third-order valence-corrected chi connectivity index (χ3v) is 7.50. The summed E-state index contributed by atoms with van der Waals surface area (Å²) in [5.74, 6) is 0.781. The summed E-state index contributed by atoms with van der Waals surface area (Å²) in [6, 6.07) is 19.8. The van der Waals surface area contributed by atoms with Crippen LogP contribution < -0.4 is 19.9 Å². The zero-order valence-electron chi connectivity index (χ0n) is 21.9. The number of anilines is 1. The Kier molecular flexibility index (Phi) is 8.08. The molecule has 1 fully saturated rings. The minimum Gasteiger partial charge on any atom is -0.497 e. The number of aryl methyl sites for hydroxylation is 1. The number of nitrogens with zero attached hydrogens (tertiary/aromatic N) is 5. The lowest BCUT2D eigenvalue weighted by Crippen LogP contribution is -2.60. The number of nitriles is 1. The van der Waals surface area contributed by atoms with Crippen molar-refractivity contribution in [3.8, 4) is 34.2 Å². The number of ether oxygens (including phenoxy) is 1. The lowest BCUT2D eigenvalue weighted by Gasteiger charge is -2.17. The minimum absolute atomic E-state index is 0.0471. The van der Waals surface area contributed by atoms with Gasteiger partial charge in [-0.15, -0.1) is 0 Å². The Morgan fingerprint density at radius 3 is 2.54 bits per heavy atom. The van der Waals surface area contributed by atoms with Gasteiger partial charge in [0.25, 0.3) is 6.20 Å².